The fourth-order valence-corrected chi connectivity index (χ4v) is 3.24. The van der Waals surface area contributed by atoms with Crippen molar-refractivity contribution in [2.45, 2.75) is 4.90 Å². The van der Waals surface area contributed by atoms with Crippen molar-refractivity contribution in [1.29, 1.82) is 0 Å². The van der Waals surface area contributed by atoms with Crippen LogP contribution in [0.4, 0.5) is 11.4 Å². The normalized spacial score (nSPS) is 12.5. The number of hydrogen-bond acceptors (Lipinski definition) is 8. The van der Waals surface area contributed by atoms with Gasteiger partial charge >= 0.3 is 10.4 Å². The van der Waals surface area contributed by atoms with E-state index >= 15 is 0 Å². The summed E-state index contributed by atoms with van der Waals surface area (Å²) in [6.45, 7) is 0. The minimum absolute atomic E-state index is 0.0353. The number of aromatic hydroxyl groups is 1. The van der Waals surface area contributed by atoms with Crippen molar-refractivity contribution < 1.29 is 35.2 Å². The van der Waals surface area contributed by atoms with E-state index in [1.165, 1.54) is 48.5 Å². The van der Waals surface area contributed by atoms with E-state index in [-0.39, 0.29) is 27.8 Å². The molecule has 28 heavy (non-hydrogen) atoms. The molecule has 0 saturated carbocycles. The monoisotopic (exact) mass is 424 g/mol. The topological polar surface area (TPSA) is 163 Å². The van der Waals surface area contributed by atoms with Gasteiger partial charge in [0.25, 0.3) is 10.1 Å². The van der Waals surface area contributed by atoms with Crippen LogP contribution >= 0.6 is 0 Å². The van der Waals surface area contributed by atoms with Gasteiger partial charge in [0.05, 0.1) is 10.6 Å². The van der Waals surface area contributed by atoms with Crippen LogP contribution in [0.1, 0.15) is 0 Å². The van der Waals surface area contributed by atoms with Gasteiger partial charge in [0.15, 0.2) is 0 Å². The second-order valence-electron chi connectivity index (χ2n) is 5.50. The summed E-state index contributed by atoms with van der Waals surface area (Å²) in [4.78, 5) is -0.363. The van der Waals surface area contributed by atoms with E-state index in [1.807, 2.05) is 0 Å². The molecule has 3 aromatic rings. The molecule has 12 heteroatoms. The lowest BCUT2D eigenvalue weighted by atomic mass is 10.1. The molecule has 0 fully saturated rings. The second-order valence-corrected chi connectivity index (χ2v) is 7.94. The van der Waals surface area contributed by atoms with Crippen molar-refractivity contribution in [1.82, 2.24) is 0 Å². The van der Waals surface area contributed by atoms with E-state index in [0.717, 1.165) is 6.07 Å². The van der Waals surface area contributed by atoms with Gasteiger partial charge in [-0.3, -0.25) is 9.11 Å². The van der Waals surface area contributed by atoms with Crippen LogP contribution in [0.3, 0.4) is 0 Å². The molecule has 0 aliphatic rings. The molecule has 0 unspecified atom stereocenters. The molecule has 0 aliphatic carbocycles. The Labute approximate surface area is 159 Å². The van der Waals surface area contributed by atoms with Crippen molar-refractivity contribution in [2.24, 2.45) is 10.2 Å². The van der Waals surface area contributed by atoms with E-state index in [4.69, 9.17) is 9.11 Å². The molecule has 0 bridgehead atoms. The lowest BCUT2D eigenvalue weighted by Crippen LogP contribution is -2.06. The molecule has 146 valence electrons. The Morgan fingerprint density at radius 3 is 2.29 bits per heavy atom. The first-order valence-corrected chi connectivity index (χ1v) is 10.3. The summed E-state index contributed by atoms with van der Waals surface area (Å²) in [5.74, 6) is -0.380. The number of azo groups is 1. The molecule has 0 radical (unpaired) electrons. The van der Waals surface area contributed by atoms with Gasteiger partial charge in [-0.1, -0.05) is 12.1 Å². The van der Waals surface area contributed by atoms with Gasteiger partial charge in [-0.2, -0.15) is 21.9 Å². The summed E-state index contributed by atoms with van der Waals surface area (Å²) in [5, 5.41) is 18.7. The highest BCUT2D eigenvalue weighted by atomic mass is 32.3. The largest absolute Gasteiger partial charge is 0.506 e. The highest BCUT2D eigenvalue weighted by Gasteiger charge is 2.12. The quantitative estimate of drug-likeness (QED) is 0.414. The molecule has 0 aliphatic heterocycles. The van der Waals surface area contributed by atoms with Gasteiger partial charge in [0, 0.05) is 5.39 Å². The molecule has 0 spiro atoms. The molecule has 3 aromatic carbocycles. The summed E-state index contributed by atoms with van der Waals surface area (Å²) < 4.78 is 66.2. The Morgan fingerprint density at radius 2 is 1.61 bits per heavy atom. The fourth-order valence-electron chi connectivity index (χ4n) is 2.37. The van der Waals surface area contributed by atoms with Crippen molar-refractivity contribution >= 4 is 42.7 Å². The minimum Gasteiger partial charge on any atom is -0.506 e. The van der Waals surface area contributed by atoms with Gasteiger partial charge in [0.2, 0.25) is 0 Å². The van der Waals surface area contributed by atoms with Gasteiger partial charge in [-0.25, -0.2) is 0 Å². The second kappa shape index (κ2) is 7.16. The van der Waals surface area contributed by atoms with Crippen LogP contribution in [0.15, 0.2) is 69.7 Å². The van der Waals surface area contributed by atoms with Crippen LogP contribution in [-0.2, 0) is 20.5 Å². The van der Waals surface area contributed by atoms with Crippen molar-refractivity contribution in [3.63, 3.8) is 0 Å². The van der Waals surface area contributed by atoms with Crippen LogP contribution in [0.2, 0.25) is 0 Å². The van der Waals surface area contributed by atoms with E-state index in [9.17, 15) is 21.9 Å². The Hall–Kier alpha value is -3.06. The Morgan fingerprint density at radius 1 is 0.857 bits per heavy atom. The first kappa shape index (κ1) is 19.7. The maximum Gasteiger partial charge on any atom is 0.446 e. The molecule has 3 rings (SSSR count). The Balaban J connectivity index is 2.03. The van der Waals surface area contributed by atoms with Crippen LogP contribution in [0.25, 0.3) is 10.8 Å². The number of rotatable bonds is 5. The summed E-state index contributed by atoms with van der Waals surface area (Å²) in [5.41, 5.74) is 0.144. The SMILES string of the molecule is O=S(=O)(O)Oc1ccc2c(N=Nc3cccc(S(=O)(=O)O)c3)c(O)ccc2c1. The minimum atomic E-state index is -4.69. The maximum absolute atomic E-state index is 11.2. The predicted molar refractivity (Wildman–Crippen MR) is 98.2 cm³/mol. The maximum atomic E-state index is 11.2. The number of phenolic OH excluding ortho intramolecular Hbond substituents is 1. The lowest BCUT2D eigenvalue weighted by molar-refractivity contribution is 0.387. The average molecular weight is 424 g/mol. The third-order valence-electron chi connectivity index (χ3n) is 3.52. The third kappa shape index (κ3) is 4.61. The number of benzene rings is 3. The zero-order valence-electron chi connectivity index (χ0n) is 13.8. The predicted octanol–water partition coefficient (Wildman–Crippen LogP) is 3.39. The highest BCUT2D eigenvalue weighted by molar-refractivity contribution is 7.85. The zero-order valence-corrected chi connectivity index (χ0v) is 15.4. The summed E-state index contributed by atoms with van der Waals surface area (Å²) >= 11 is 0. The summed E-state index contributed by atoms with van der Waals surface area (Å²) in [7, 11) is -9.09. The molecule has 0 atom stereocenters. The van der Waals surface area contributed by atoms with Crippen LogP contribution in [0.5, 0.6) is 11.5 Å². The van der Waals surface area contributed by atoms with E-state index < -0.39 is 20.5 Å². The summed E-state index contributed by atoms with van der Waals surface area (Å²) in [6, 6.07) is 11.8. The molecule has 3 N–H and O–H groups in total. The van der Waals surface area contributed by atoms with Gasteiger partial charge in [-0.05, 0) is 47.9 Å². The first-order chi connectivity index (χ1) is 13.0. The average Bonchev–Trinajstić information content (AvgIpc) is 2.59. The molecule has 0 heterocycles. The molecule has 0 aromatic heterocycles. The van der Waals surface area contributed by atoms with Crippen molar-refractivity contribution in [3.8, 4) is 11.5 Å². The van der Waals surface area contributed by atoms with Crippen LogP contribution in [-0.4, -0.2) is 31.0 Å². The molecular formula is C16H12N2O8S2. The molecule has 0 amide bonds. The number of phenols is 1. The van der Waals surface area contributed by atoms with Crippen molar-refractivity contribution in [2.75, 3.05) is 0 Å². The number of nitrogens with zero attached hydrogens (tertiary/aromatic N) is 2. The van der Waals surface area contributed by atoms with Crippen molar-refractivity contribution in [3.05, 3.63) is 54.6 Å². The number of hydrogen-bond donors (Lipinski definition) is 3. The fraction of sp³-hybridized carbons (Fsp3) is 0. The van der Waals surface area contributed by atoms with Gasteiger partial charge < -0.3 is 9.29 Å². The Bertz CT molecular complexity index is 1300. The van der Waals surface area contributed by atoms with Gasteiger partial charge in [0.1, 0.15) is 17.2 Å². The summed E-state index contributed by atoms with van der Waals surface area (Å²) in [6.07, 6.45) is 0. The van der Waals surface area contributed by atoms with Crippen LogP contribution < -0.4 is 4.18 Å². The third-order valence-corrected chi connectivity index (χ3v) is 4.78. The standard InChI is InChI=1S/C16H12N2O8S2/c19-15-7-4-10-8-12(26-28(23,24)25)5-6-14(10)16(15)18-17-11-2-1-3-13(9-11)27(20,21)22/h1-9,19H,(H,20,21,22)(H,23,24,25). The molecule has 10 nitrogen and oxygen atoms in total. The smallest absolute Gasteiger partial charge is 0.446 e. The van der Waals surface area contributed by atoms with Gasteiger partial charge in [-0.15, -0.1) is 5.11 Å². The highest BCUT2D eigenvalue weighted by Crippen LogP contribution is 2.37. The zero-order chi connectivity index (χ0) is 20.5. The molecule has 0 saturated heterocycles. The van der Waals surface area contributed by atoms with E-state index in [2.05, 4.69) is 14.4 Å². The van der Waals surface area contributed by atoms with Crippen LogP contribution in [0, 0.1) is 0 Å². The number of fused-ring (bicyclic) bond motifs is 1. The molecular weight excluding hydrogens is 412 g/mol. The Kier molecular flexibility index (Phi) is 5.04. The van der Waals surface area contributed by atoms with E-state index in [1.54, 1.807) is 0 Å². The van der Waals surface area contributed by atoms with E-state index in [0.29, 0.717) is 10.8 Å². The lowest BCUT2D eigenvalue weighted by Gasteiger charge is -2.06. The first-order valence-electron chi connectivity index (χ1n) is 7.45.